The highest BCUT2D eigenvalue weighted by Crippen LogP contribution is 2.16. The lowest BCUT2D eigenvalue weighted by Gasteiger charge is -2.18. The third kappa shape index (κ3) is 3.81. The molecule has 2 rings (SSSR count). The smallest absolute Gasteiger partial charge is 0.274 e. The zero-order chi connectivity index (χ0) is 15.9. The maximum atomic E-state index is 12.2. The van der Waals surface area contributed by atoms with Crippen molar-refractivity contribution in [1.29, 1.82) is 0 Å². The van der Waals surface area contributed by atoms with Crippen LogP contribution < -0.4 is 5.32 Å². The second-order valence-electron chi connectivity index (χ2n) is 5.04. The zero-order valence-electron chi connectivity index (χ0n) is 13.3. The number of hydrogen-bond acceptors (Lipinski definition) is 4. The van der Waals surface area contributed by atoms with Gasteiger partial charge in [-0.15, -0.1) is 0 Å². The van der Waals surface area contributed by atoms with Crippen molar-refractivity contribution < 1.29 is 4.79 Å². The first kappa shape index (κ1) is 15.9. The van der Waals surface area contributed by atoms with Crippen LogP contribution in [0.2, 0.25) is 0 Å². The molecule has 1 amide bonds. The van der Waals surface area contributed by atoms with Crippen LogP contribution in [0.15, 0.2) is 42.7 Å². The van der Waals surface area contributed by atoms with Gasteiger partial charge < -0.3 is 10.2 Å². The summed E-state index contributed by atoms with van der Waals surface area (Å²) < 4.78 is 0. The normalized spacial score (nSPS) is 11.8. The topological polar surface area (TPSA) is 58.1 Å². The van der Waals surface area contributed by atoms with E-state index in [9.17, 15) is 4.79 Å². The van der Waals surface area contributed by atoms with Crippen LogP contribution in [-0.2, 0) is 0 Å². The molecule has 1 aromatic carbocycles. The van der Waals surface area contributed by atoms with Gasteiger partial charge in [-0.05, 0) is 26.3 Å². The molecule has 0 fully saturated rings. The number of benzene rings is 1. The van der Waals surface area contributed by atoms with Crippen molar-refractivity contribution >= 4 is 11.7 Å². The molecule has 2 aromatic rings. The fraction of sp³-hybridized carbons (Fsp3) is 0.353. The third-order valence-electron chi connectivity index (χ3n) is 3.59. The van der Waals surface area contributed by atoms with Gasteiger partial charge >= 0.3 is 0 Å². The van der Waals surface area contributed by atoms with Gasteiger partial charge in [-0.2, -0.15) is 0 Å². The number of amides is 1. The second kappa shape index (κ2) is 7.54. The molecular weight excluding hydrogens is 276 g/mol. The Morgan fingerprint density at radius 1 is 1.14 bits per heavy atom. The van der Waals surface area contributed by atoms with Crippen molar-refractivity contribution in [2.24, 2.45) is 0 Å². The van der Waals surface area contributed by atoms with Gasteiger partial charge in [0, 0.05) is 19.1 Å². The van der Waals surface area contributed by atoms with Crippen LogP contribution in [0.5, 0.6) is 0 Å². The molecular formula is C17H22N4O. The predicted molar refractivity (Wildman–Crippen MR) is 87.8 cm³/mol. The van der Waals surface area contributed by atoms with Crippen LogP contribution >= 0.6 is 0 Å². The molecule has 1 heterocycles. The van der Waals surface area contributed by atoms with Gasteiger partial charge in [0.1, 0.15) is 11.5 Å². The minimum absolute atomic E-state index is 0.0832. The number of nitrogens with one attached hydrogen (secondary N) is 1. The fourth-order valence-electron chi connectivity index (χ4n) is 2.23. The van der Waals surface area contributed by atoms with Crippen LogP contribution in [0.1, 0.15) is 42.9 Å². The number of rotatable bonds is 6. The minimum Gasteiger partial charge on any atom is -0.362 e. The predicted octanol–water partition coefficient (Wildman–Crippen LogP) is 3.13. The van der Waals surface area contributed by atoms with Crippen molar-refractivity contribution in [1.82, 2.24) is 14.9 Å². The summed E-state index contributed by atoms with van der Waals surface area (Å²) >= 11 is 0. The van der Waals surface area contributed by atoms with Gasteiger partial charge in [-0.25, -0.2) is 9.97 Å². The van der Waals surface area contributed by atoms with Crippen LogP contribution in [0.25, 0.3) is 0 Å². The fourth-order valence-corrected chi connectivity index (χ4v) is 2.23. The monoisotopic (exact) mass is 298 g/mol. The summed E-state index contributed by atoms with van der Waals surface area (Å²) in [5.74, 6) is 0.576. The van der Waals surface area contributed by atoms with E-state index in [-0.39, 0.29) is 11.9 Å². The van der Waals surface area contributed by atoms with Crippen molar-refractivity contribution in [3.05, 3.63) is 54.0 Å². The quantitative estimate of drug-likeness (QED) is 0.890. The molecule has 5 heteroatoms. The zero-order valence-corrected chi connectivity index (χ0v) is 13.3. The average molecular weight is 298 g/mol. The van der Waals surface area contributed by atoms with E-state index in [4.69, 9.17) is 0 Å². The third-order valence-corrected chi connectivity index (χ3v) is 3.59. The summed E-state index contributed by atoms with van der Waals surface area (Å²) in [5, 5.41) is 3.28. The SMILES string of the molecule is CCN(CC)C(=O)c1cnc(NC(C)c2ccccc2)cn1. The summed E-state index contributed by atoms with van der Waals surface area (Å²) in [6.45, 7) is 7.30. The molecule has 1 unspecified atom stereocenters. The van der Waals surface area contributed by atoms with Crippen molar-refractivity contribution in [2.45, 2.75) is 26.8 Å². The maximum Gasteiger partial charge on any atom is 0.274 e. The molecule has 0 radical (unpaired) electrons. The standard InChI is InChI=1S/C17H22N4O/c1-4-21(5-2)17(22)15-11-19-16(12-18-15)20-13(3)14-9-7-6-8-10-14/h6-13H,4-5H2,1-3H3,(H,19,20). The number of carbonyl (C=O) groups is 1. The Morgan fingerprint density at radius 2 is 1.82 bits per heavy atom. The first-order valence-corrected chi connectivity index (χ1v) is 7.58. The number of hydrogen-bond donors (Lipinski definition) is 1. The van der Waals surface area contributed by atoms with Gasteiger partial charge in [0.25, 0.3) is 5.91 Å². The van der Waals surface area contributed by atoms with Gasteiger partial charge in [0.05, 0.1) is 12.4 Å². The Balaban J connectivity index is 2.04. The summed E-state index contributed by atoms with van der Waals surface area (Å²) in [5.41, 5.74) is 1.55. The summed E-state index contributed by atoms with van der Waals surface area (Å²) in [6.07, 6.45) is 3.14. The first-order chi connectivity index (χ1) is 10.7. The molecule has 22 heavy (non-hydrogen) atoms. The summed E-state index contributed by atoms with van der Waals surface area (Å²) in [6, 6.07) is 10.2. The van der Waals surface area contributed by atoms with Gasteiger partial charge in [-0.3, -0.25) is 4.79 Å². The van der Waals surface area contributed by atoms with Crippen molar-refractivity contribution in [2.75, 3.05) is 18.4 Å². The minimum atomic E-state index is -0.0832. The van der Waals surface area contributed by atoms with Crippen LogP contribution in [0, 0.1) is 0 Å². The highest BCUT2D eigenvalue weighted by atomic mass is 16.2. The number of nitrogens with zero attached hydrogens (tertiary/aromatic N) is 3. The van der Waals surface area contributed by atoms with Crippen LogP contribution in [-0.4, -0.2) is 33.9 Å². The Kier molecular flexibility index (Phi) is 5.47. The largest absolute Gasteiger partial charge is 0.362 e. The van der Waals surface area contributed by atoms with Crippen LogP contribution in [0.3, 0.4) is 0 Å². The van der Waals surface area contributed by atoms with Gasteiger partial charge in [-0.1, -0.05) is 30.3 Å². The summed E-state index contributed by atoms with van der Waals surface area (Å²) in [7, 11) is 0. The lowest BCUT2D eigenvalue weighted by molar-refractivity contribution is 0.0766. The van der Waals surface area contributed by atoms with E-state index in [1.807, 2.05) is 32.0 Å². The van der Waals surface area contributed by atoms with Gasteiger partial charge in [0.2, 0.25) is 0 Å². The second-order valence-corrected chi connectivity index (χ2v) is 5.04. The molecule has 0 spiro atoms. The van der Waals surface area contributed by atoms with E-state index in [1.165, 1.54) is 11.8 Å². The molecule has 116 valence electrons. The molecule has 5 nitrogen and oxygen atoms in total. The molecule has 1 atom stereocenters. The number of carbonyl (C=O) groups excluding carboxylic acids is 1. The molecule has 0 saturated carbocycles. The molecule has 1 N–H and O–H groups in total. The highest BCUT2D eigenvalue weighted by Gasteiger charge is 2.14. The molecule has 0 saturated heterocycles. The molecule has 0 aliphatic heterocycles. The Morgan fingerprint density at radius 3 is 2.36 bits per heavy atom. The van der Waals surface area contributed by atoms with Crippen molar-refractivity contribution in [3.8, 4) is 0 Å². The molecule has 0 bridgehead atoms. The Labute approximate surface area is 131 Å². The lowest BCUT2D eigenvalue weighted by Crippen LogP contribution is -2.31. The van der Waals surface area contributed by atoms with E-state index >= 15 is 0 Å². The van der Waals surface area contributed by atoms with Crippen molar-refractivity contribution in [3.63, 3.8) is 0 Å². The lowest BCUT2D eigenvalue weighted by atomic mass is 10.1. The van der Waals surface area contributed by atoms with E-state index in [1.54, 1.807) is 11.1 Å². The Hall–Kier alpha value is -2.43. The number of anilines is 1. The maximum absolute atomic E-state index is 12.2. The molecule has 0 aliphatic carbocycles. The van der Waals surface area contributed by atoms with E-state index in [0.29, 0.717) is 24.6 Å². The first-order valence-electron chi connectivity index (χ1n) is 7.58. The Bertz CT molecular complexity index is 594. The van der Waals surface area contributed by atoms with Gasteiger partial charge in [0.15, 0.2) is 0 Å². The van der Waals surface area contributed by atoms with E-state index < -0.39 is 0 Å². The summed E-state index contributed by atoms with van der Waals surface area (Å²) in [4.78, 5) is 22.4. The van der Waals surface area contributed by atoms with E-state index in [0.717, 1.165) is 0 Å². The molecule has 0 aliphatic rings. The van der Waals surface area contributed by atoms with Crippen LogP contribution in [0.4, 0.5) is 5.82 Å². The highest BCUT2D eigenvalue weighted by molar-refractivity contribution is 5.92. The molecule has 1 aromatic heterocycles. The average Bonchev–Trinajstić information content (AvgIpc) is 2.57. The number of aromatic nitrogens is 2. The van der Waals surface area contributed by atoms with E-state index in [2.05, 4.69) is 34.3 Å².